The van der Waals surface area contributed by atoms with Crippen molar-refractivity contribution in [2.75, 3.05) is 61.8 Å². The van der Waals surface area contributed by atoms with E-state index in [0.29, 0.717) is 43.2 Å². The number of aryl methyl sites for hydroxylation is 2. The molecule has 51 heavy (non-hydrogen) atoms. The van der Waals surface area contributed by atoms with Gasteiger partial charge >= 0.3 is 0 Å². The number of halogens is 1. The first-order chi connectivity index (χ1) is 23.4. The minimum Gasteiger partial charge on any atom is -0.846 e. The van der Waals surface area contributed by atoms with Crippen LogP contribution in [0, 0.1) is 13.8 Å². The summed E-state index contributed by atoms with van der Waals surface area (Å²) in [6.07, 6.45) is 0. The van der Waals surface area contributed by atoms with Crippen LogP contribution in [0.5, 0.6) is 11.5 Å². The van der Waals surface area contributed by atoms with Crippen LogP contribution in [-0.2, 0) is 4.79 Å². The third kappa shape index (κ3) is 12.5. The summed E-state index contributed by atoms with van der Waals surface area (Å²) in [6, 6.07) is 22.3. The first kappa shape index (κ1) is 41.8. The van der Waals surface area contributed by atoms with Crippen LogP contribution in [-0.4, -0.2) is 68.5 Å². The van der Waals surface area contributed by atoms with Gasteiger partial charge in [0.1, 0.15) is 34.2 Å². The number of carbonyl (C=O) groups excluding carboxylic acids is 1. The Morgan fingerprint density at radius 2 is 1.08 bits per heavy atom. The summed E-state index contributed by atoms with van der Waals surface area (Å²) >= 11 is 0. The number of quaternary nitrogens is 2. The van der Waals surface area contributed by atoms with E-state index in [2.05, 4.69) is 85.2 Å². The number of amidine groups is 1. The molecule has 0 atom stereocenters. The number of nitrogens with zero attached hydrogens (tertiary/aromatic N) is 7. The number of carbonyl (C=O) groups is 1. The number of carboxylic acid groups (broad SMARTS) is 1. The van der Waals surface area contributed by atoms with Crippen LogP contribution in [0.15, 0.2) is 98.2 Å². The highest BCUT2D eigenvalue weighted by Crippen LogP contribution is 2.37. The van der Waals surface area contributed by atoms with Gasteiger partial charge in [-0.2, -0.15) is 10.2 Å². The average Bonchev–Trinajstić information content (AvgIpc) is 3.04. The zero-order valence-corrected chi connectivity index (χ0v) is 31.8. The van der Waals surface area contributed by atoms with Crippen molar-refractivity contribution in [1.29, 1.82) is 0 Å². The molecule has 0 saturated carbocycles. The van der Waals surface area contributed by atoms with E-state index in [0.717, 1.165) is 40.8 Å². The second-order valence-corrected chi connectivity index (χ2v) is 13.1. The number of aliphatic carboxylic acids is 1. The number of hydrogen-bond donors (Lipinski definition) is 1. The Morgan fingerprint density at radius 1 is 0.647 bits per heavy atom. The number of methoxy groups -OCH3 is 2. The lowest BCUT2D eigenvalue weighted by Crippen LogP contribution is -2.34. The van der Waals surface area contributed by atoms with Crippen molar-refractivity contribution in [3.8, 4) is 11.5 Å². The summed E-state index contributed by atoms with van der Waals surface area (Å²) in [5.41, 5.74) is 7.25. The van der Waals surface area contributed by atoms with Gasteiger partial charge < -0.3 is 29.8 Å². The third-order valence-corrected chi connectivity index (χ3v) is 7.24. The maximum atomic E-state index is 13.1. The van der Waals surface area contributed by atoms with Crippen molar-refractivity contribution >= 4 is 69.9 Å². The fourth-order valence-corrected chi connectivity index (χ4v) is 4.49. The summed E-state index contributed by atoms with van der Waals surface area (Å²) in [5.74, 6) is -0.171. The van der Waals surface area contributed by atoms with Crippen LogP contribution in [0.1, 0.15) is 18.1 Å². The van der Waals surface area contributed by atoms with E-state index in [4.69, 9.17) is 19.4 Å². The SMILES string of the molecule is CC(=O)[O-].COc1cc(N=C([O-])Nc2cc(OC)c(N=Nc3cccc([N+](C)(C)C)c3)cc2C)c(C)cc1N=Nc1cccc([N+](C)(C)C)c1.Cl. The van der Waals surface area contributed by atoms with Crippen molar-refractivity contribution in [1.82, 2.24) is 8.97 Å². The van der Waals surface area contributed by atoms with Gasteiger partial charge in [0, 0.05) is 35.9 Å². The molecule has 14 heteroatoms. The van der Waals surface area contributed by atoms with Gasteiger partial charge in [-0.25, -0.2) is 4.99 Å². The molecule has 0 amide bonds. The lowest BCUT2D eigenvalue weighted by Gasteiger charge is -2.23. The molecule has 0 aromatic heterocycles. The molecule has 13 nitrogen and oxygen atoms in total. The molecule has 0 unspecified atom stereocenters. The van der Waals surface area contributed by atoms with Crippen molar-refractivity contribution in [2.24, 2.45) is 25.4 Å². The summed E-state index contributed by atoms with van der Waals surface area (Å²) < 4.78 is 12.5. The number of rotatable bonds is 10. The molecular weight excluding hydrogens is 672 g/mol. The van der Waals surface area contributed by atoms with Gasteiger partial charge in [-0.05, 0) is 68.3 Å². The largest absolute Gasteiger partial charge is 0.846 e. The summed E-state index contributed by atoms with van der Waals surface area (Å²) in [7, 11) is 15.6. The number of carboxylic acids is 1. The van der Waals surface area contributed by atoms with Gasteiger partial charge in [0.2, 0.25) is 0 Å². The molecule has 0 aliphatic rings. The summed E-state index contributed by atoms with van der Waals surface area (Å²) in [6.45, 7) is 4.70. The lowest BCUT2D eigenvalue weighted by molar-refractivity contribution is -0.302. The molecule has 0 aliphatic carbocycles. The molecule has 0 radical (unpaired) electrons. The van der Waals surface area contributed by atoms with Gasteiger partial charge in [-0.3, -0.25) is 8.97 Å². The Balaban J connectivity index is 0.00000171. The van der Waals surface area contributed by atoms with E-state index in [1.165, 1.54) is 0 Å². The summed E-state index contributed by atoms with van der Waals surface area (Å²) in [4.78, 5) is 13.2. The highest BCUT2D eigenvalue weighted by atomic mass is 35.5. The van der Waals surface area contributed by atoms with Crippen molar-refractivity contribution in [3.63, 3.8) is 0 Å². The number of benzene rings is 4. The highest BCUT2D eigenvalue weighted by molar-refractivity contribution is 5.90. The molecule has 4 rings (SSSR count). The second-order valence-electron chi connectivity index (χ2n) is 13.1. The van der Waals surface area contributed by atoms with Crippen molar-refractivity contribution in [3.05, 3.63) is 83.9 Å². The number of nitrogens with one attached hydrogen (secondary N) is 1. The number of aliphatic imine (C=N–C) groups is 1. The molecule has 272 valence electrons. The first-order valence-corrected chi connectivity index (χ1v) is 15.7. The average molecular weight is 719 g/mol. The van der Waals surface area contributed by atoms with Gasteiger partial charge in [0.25, 0.3) is 0 Å². The minimum atomic E-state index is -1.08. The number of ether oxygens (including phenoxy) is 2. The molecular formula is C37H47ClN8O5. The highest BCUT2D eigenvalue weighted by Gasteiger charge is 2.14. The predicted octanol–water partition coefficient (Wildman–Crippen LogP) is 7.18. The van der Waals surface area contributed by atoms with Crippen LogP contribution < -0.4 is 34.0 Å². The molecule has 0 saturated heterocycles. The van der Waals surface area contributed by atoms with Crippen molar-refractivity contribution in [2.45, 2.75) is 20.8 Å². The smallest absolute Gasteiger partial charge is 0.148 e. The van der Waals surface area contributed by atoms with Crippen LogP contribution in [0.2, 0.25) is 0 Å². The van der Waals surface area contributed by atoms with Gasteiger partial charge in [-0.1, -0.05) is 12.1 Å². The summed E-state index contributed by atoms with van der Waals surface area (Å²) in [5, 5.41) is 42.5. The Kier molecular flexibility index (Phi) is 14.8. The first-order valence-electron chi connectivity index (χ1n) is 15.7. The Hall–Kier alpha value is -5.37. The predicted molar refractivity (Wildman–Crippen MR) is 204 cm³/mol. The van der Waals surface area contributed by atoms with Crippen LogP contribution in [0.25, 0.3) is 0 Å². The van der Waals surface area contributed by atoms with Gasteiger partial charge in [0.15, 0.2) is 0 Å². The monoisotopic (exact) mass is 718 g/mol. The molecule has 0 spiro atoms. The van der Waals surface area contributed by atoms with Crippen LogP contribution in [0.3, 0.4) is 0 Å². The zero-order valence-electron chi connectivity index (χ0n) is 31.0. The molecule has 1 N–H and O–H groups in total. The second kappa shape index (κ2) is 18.0. The normalized spacial score (nSPS) is 11.9. The van der Waals surface area contributed by atoms with Crippen LogP contribution >= 0.6 is 12.4 Å². The molecule has 4 aromatic rings. The Morgan fingerprint density at radius 3 is 1.51 bits per heavy atom. The minimum absolute atomic E-state index is 0. The lowest BCUT2D eigenvalue weighted by atomic mass is 10.1. The maximum Gasteiger partial charge on any atom is 0.148 e. The van der Waals surface area contributed by atoms with Crippen LogP contribution in [0.4, 0.5) is 45.5 Å². The number of hydrogen-bond acceptors (Lipinski definition) is 10. The van der Waals surface area contributed by atoms with Gasteiger partial charge in [-0.15, -0.1) is 22.6 Å². The topological polar surface area (TPSA) is 155 Å². The fraction of sp³-hybridized carbons (Fsp3) is 0.297. The van der Waals surface area contributed by atoms with Crippen molar-refractivity contribution < 1.29 is 24.5 Å². The quantitative estimate of drug-likeness (QED) is 0.0792. The number of azo groups is 2. The number of anilines is 1. The van der Waals surface area contributed by atoms with E-state index in [-0.39, 0.29) is 12.4 Å². The molecule has 0 heterocycles. The van der Waals surface area contributed by atoms with E-state index >= 15 is 0 Å². The molecule has 4 aromatic carbocycles. The Labute approximate surface area is 306 Å². The fourth-order valence-electron chi connectivity index (χ4n) is 4.49. The van der Waals surface area contributed by atoms with E-state index < -0.39 is 12.0 Å². The zero-order chi connectivity index (χ0) is 37.2. The maximum absolute atomic E-state index is 13.1. The Bertz CT molecular complexity index is 1910. The molecule has 0 fully saturated rings. The van der Waals surface area contributed by atoms with E-state index in [1.807, 2.05) is 56.3 Å². The molecule has 0 aliphatic heterocycles. The molecule has 0 bridgehead atoms. The standard InChI is InChI=1S/C35H43N8O3.C2H4O2.ClH/c1-23-17-31(40-38-25-13-11-15-27(19-25)42(3,4)5)33(45-9)21-29(23)36-35(44)37-30-22-34(46-10)32(18-24(30)2)41-39-26-14-12-16-28(20-26)43(6,7)8;1-2(3)4;/h11-22H,1-10H3,(H-,36,37,38,39,44);1H3,(H,3,4);1H/q+1;;/p-1. The third-order valence-electron chi connectivity index (χ3n) is 7.24. The van der Waals surface area contributed by atoms with E-state index in [1.54, 1.807) is 32.4 Å². The van der Waals surface area contributed by atoms with Gasteiger partial charge in [0.05, 0.1) is 79.6 Å². The van der Waals surface area contributed by atoms with E-state index in [9.17, 15) is 5.11 Å².